The number of nitrogens with two attached hydrogens (primary N) is 1. The van der Waals surface area contributed by atoms with Gasteiger partial charge in [0.1, 0.15) is 5.82 Å². The van der Waals surface area contributed by atoms with Crippen molar-refractivity contribution >= 4 is 21.2 Å². The van der Waals surface area contributed by atoms with E-state index in [2.05, 4.69) is 24.7 Å². The van der Waals surface area contributed by atoms with Crippen molar-refractivity contribution in [2.24, 2.45) is 40.0 Å². The number of hydrogen-bond acceptors (Lipinski definition) is 3. The van der Waals surface area contributed by atoms with E-state index >= 15 is 0 Å². The van der Waals surface area contributed by atoms with Gasteiger partial charge in [0.25, 0.3) is 0 Å². The number of piperidine rings is 1. The van der Waals surface area contributed by atoms with Gasteiger partial charge in [0.2, 0.25) is 11.8 Å². The molecule has 2 amide bonds. The third kappa shape index (κ3) is 4.09. The summed E-state index contributed by atoms with van der Waals surface area (Å²) in [4.78, 5) is 27.6. The quantitative estimate of drug-likeness (QED) is 0.607. The lowest BCUT2D eigenvalue weighted by Crippen LogP contribution is -2.61. The van der Waals surface area contributed by atoms with E-state index in [1.165, 1.54) is 12.5 Å². The minimum atomic E-state index is -0.259. The summed E-state index contributed by atoms with van der Waals surface area (Å²) >= 11 is 0. The van der Waals surface area contributed by atoms with Gasteiger partial charge in [-0.15, -0.1) is 0 Å². The molecule has 34 heavy (non-hydrogen) atoms. The molecule has 0 aromatic heterocycles. The van der Waals surface area contributed by atoms with Crippen molar-refractivity contribution in [1.29, 1.82) is 0 Å². The average molecular weight is 490 g/mol. The first-order valence-corrected chi connectivity index (χ1v) is 13.5. The largest absolute Gasteiger partial charge is 0.352 e. The Morgan fingerprint density at radius 2 is 1.79 bits per heavy atom. The van der Waals surface area contributed by atoms with E-state index < -0.39 is 0 Å². The van der Waals surface area contributed by atoms with E-state index in [9.17, 15) is 14.0 Å². The number of carbonyl (C=O) groups is 2. The summed E-state index contributed by atoms with van der Waals surface area (Å²) in [7, 11) is 3.92. The summed E-state index contributed by atoms with van der Waals surface area (Å²) in [6, 6.07) is 7.05. The summed E-state index contributed by atoms with van der Waals surface area (Å²) in [5.41, 5.74) is 5.20. The number of halogens is 1. The molecule has 8 atom stereocenters. The number of likely N-dealkylation sites (tertiary alicyclic amines) is 1. The Morgan fingerprint density at radius 3 is 2.53 bits per heavy atom. The summed E-state index contributed by atoms with van der Waals surface area (Å²) in [6.45, 7) is 5.04. The zero-order chi connectivity index (χ0) is 24.7. The minimum absolute atomic E-state index is 0.0151. The molecule has 1 heterocycles. The highest BCUT2D eigenvalue weighted by atomic mass is 31.0. The van der Waals surface area contributed by atoms with E-state index in [4.69, 9.17) is 0 Å². The molecule has 3 N–H and O–H groups in total. The molecule has 0 radical (unpaired) electrons. The molecule has 5 unspecified atom stereocenters. The van der Waals surface area contributed by atoms with Gasteiger partial charge in [-0.1, -0.05) is 41.4 Å². The Kier molecular flexibility index (Phi) is 7.41. The maximum Gasteiger partial charge on any atom is 0.223 e. The van der Waals surface area contributed by atoms with Gasteiger partial charge in [0, 0.05) is 37.5 Å². The second-order valence-corrected chi connectivity index (χ2v) is 11.5. The van der Waals surface area contributed by atoms with Crippen LogP contribution in [0.1, 0.15) is 70.8 Å². The fraction of sp³-hybridized carbons (Fsp3) is 0.704. The van der Waals surface area contributed by atoms with Crippen LogP contribution in [0.5, 0.6) is 0 Å². The normalized spacial score (nSPS) is 38.7. The van der Waals surface area contributed by atoms with Gasteiger partial charge in [-0.05, 0) is 79.6 Å². The van der Waals surface area contributed by atoms with E-state index in [-0.39, 0.29) is 35.0 Å². The highest BCUT2D eigenvalue weighted by molar-refractivity contribution is 7.13. The lowest BCUT2D eigenvalue weighted by atomic mass is 9.47. The zero-order valence-electron chi connectivity index (χ0n) is 20.9. The van der Waals surface area contributed by atoms with Gasteiger partial charge in [0.15, 0.2) is 0 Å². The first kappa shape index (κ1) is 25.6. The monoisotopic (exact) mass is 489 g/mol. The molecule has 1 saturated heterocycles. The van der Waals surface area contributed by atoms with Crippen LogP contribution in [-0.2, 0) is 16.1 Å². The molecular weight excluding hydrogens is 448 g/mol. The molecule has 0 bridgehead atoms. The molecule has 3 saturated carbocycles. The Balaban J connectivity index is 0.00000133. The number of carbonyl (C=O) groups excluding carboxylic acids is 2. The number of amides is 2. The molecule has 188 valence electrons. The van der Waals surface area contributed by atoms with Crippen LogP contribution in [0.2, 0.25) is 0 Å². The van der Waals surface area contributed by atoms with Crippen LogP contribution >= 0.6 is 9.39 Å². The maximum atomic E-state index is 14.0. The topological polar surface area (TPSA) is 75.4 Å². The highest BCUT2D eigenvalue weighted by Gasteiger charge is 2.62. The second-order valence-electron chi connectivity index (χ2n) is 11.5. The van der Waals surface area contributed by atoms with E-state index in [1.807, 2.05) is 27.4 Å². The molecule has 1 aliphatic heterocycles. The number of hydrogen-bond donors (Lipinski definition) is 2. The third-order valence-corrected chi connectivity index (χ3v) is 10.3. The summed E-state index contributed by atoms with van der Waals surface area (Å²) in [6.07, 6.45) is 8.24. The van der Waals surface area contributed by atoms with Crippen molar-refractivity contribution < 1.29 is 14.0 Å². The zero-order valence-corrected chi connectivity index (χ0v) is 22.0. The smallest absolute Gasteiger partial charge is 0.223 e. The predicted octanol–water partition coefficient (Wildman–Crippen LogP) is 4.66. The molecule has 5 nitrogen and oxygen atoms in total. The number of nitrogens with one attached hydrogen (secondary N) is 1. The average Bonchev–Trinajstić information content (AvgIpc) is 3.20. The van der Waals surface area contributed by atoms with Crippen molar-refractivity contribution in [1.82, 2.24) is 10.2 Å². The lowest BCUT2D eigenvalue weighted by molar-refractivity contribution is -0.159. The predicted molar refractivity (Wildman–Crippen MR) is 136 cm³/mol. The molecule has 7 heteroatoms. The Bertz CT molecular complexity index is 929. The molecule has 5 rings (SSSR count). The second kappa shape index (κ2) is 9.85. The van der Waals surface area contributed by atoms with Crippen LogP contribution in [0, 0.1) is 40.3 Å². The van der Waals surface area contributed by atoms with Gasteiger partial charge >= 0.3 is 0 Å². The van der Waals surface area contributed by atoms with Crippen molar-refractivity contribution in [3.8, 4) is 0 Å². The number of benzene rings is 1. The van der Waals surface area contributed by atoms with Crippen LogP contribution < -0.4 is 10.8 Å². The number of fused-ring (bicyclic) bond motifs is 5. The first-order chi connectivity index (χ1) is 16.3. The summed E-state index contributed by atoms with van der Waals surface area (Å²) in [5, 5.41) is 3.05. The van der Waals surface area contributed by atoms with Crippen LogP contribution in [0.4, 0.5) is 4.39 Å². The fourth-order valence-corrected chi connectivity index (χ4v) is 8.53. The molecule has 4 fully saturated rings. The Morgan fingerprint density at radius 1 is 1.09 bits per heavy atom. The van der Waals surface area contributed by atoms with Gasteiger partial charge in [0.05, 0.1) is 0 Å². The van der Waals surface area contributed by atoms with Crippen molar-refractivity contribution in [3.63, 3.8) is 0 Å². The Labute approximate surface area is 206 Å². The Hall–Kier alpha value is -1.52. The van der Waals surface area contributed by atoms with Gasteiger partial charge < -0.3 is 15.7 Å². The maximum absolute atomic E-state index is 14.0. The van der Waals surface area contributed by atoms with E-state index in [1.54, 1.807) is 12.1 Å². The van der Waals surface area contributed by atoms with E-state index in [0.717, 1.165) is 38.5 Å². The van der Waals surface area contributed by atoms with Gasteiger partial charge in [-0.3, -0.25) is 9.59 Å². The van der Waals surface area contributed by atoms with Gasteiger partial charge in [-0.2, -0.15) is 0 Å². The van der Waals surface area contributed by atoms with E-state index in [0.29, 0.717) is 41.7 Å². The van der Waals surface area contributed by atoms with Crippen LogP contribution in [-0.4, -0.2) is 29.8 Å². The van der Waals surface area contributed by atoms with Crippen molar-refractivity contribution in [2.45, 2.75) is 77.8 Å². The van der Waals surface area contributed by atoms with Crippen LogP contribution in [0.15, 0.2) is 24.3 Å². The van der Waals surface area contributed by atoms with Gasteiger partial charge in [-0.25, -0.2) is 4.39 Å². The molecule has 1 aromatic rings. The van der Waals surface area contributed by atoms with Crippen molar-refractivity contribution in [3.05, 3.63) is 35.6 Å². The number of rotatable bonds is 3. The van der Waals surface area contributed by atoms with Crippen LogP contribution in [0.3, 0.4) is 0 Å². The fourth-order valence-electron chi connectivity index (χ4n) is 8.53. The first-order valence-electron chi connectivity index (χ1n) is 12.9. The summed E-state index contributed by atoms with van der Waals surface area (Å²) < 4.78 is 14.0. The highest BCUT2D eigenvalue weighted by Crippen LogP contribution is 2.66. The molecule has 1 aromatic carbocycles. The third-order valence-electron chi connectivity index (χ3n) is 10.3. The van der Waals surface area contributed by atoms with Crippen LogP contribution in [0.25, 0.3) is 0 Å². The van der Waals surface area contributed by atoms with Crippen molar-refractivity contribution in [2.75, 3.05) is 7.05 Å². The minimum Gasteiger partial charge on any atom is -0.352 e. The SMILES string of the molecule is CN1C(=O)CC[C@]2(C)C3CC[C@@]4(C)C(CC[C@@H]4C(=O)NCc4ccccc4F)C3CCC12.NP. The standard InChI is InChI=1S/C27H37FN2O2.H4NP/c1-26-14-12-20-18(8-11-23-27(20,2)15-13-24(31)30(23)3)19(26)9-10-21(26)25(32)29-16-17-6-4-5-7-22(17)28;1-2/h4-7,18-21,23H,8-16H2,1-3H3,(H,29,32);1-2H2/t18?,19?,20?,21-,23?,26+,27-;/m1./s1. The molecule has 0 spiro atoms. The molecule has 4 aliphatic rings. The lowest BCUT2D eigenvalue weighted by Gasteiger charge is -2.61. The molecular formula is C27H41FN3O2P. The summed E-state index contributed by atoms with van der Waals surface area (Å²) in [5.74, 6) is 2.03. The number of nitrogens with zero attached hydrogens (tertiary/aromatic N) is 1. The molecule has 3 aliphatic carbocycles.